The van der Waals surface area contributed by atoms with E-state index in [1.807, 2.05) is 4.90 Å². The fourth-order valence-corrected chi connectivity index (χ4v) is 5.24. The van der Waals surface area contributed by atoms with Gasteiger partial charge in [0.1, 0.15) is 0 Å². The minimum absolute atomic E-state index is 0. The van der Waals surface area contributed by atoms with E-state index in [4.69, 9.17) is 0 Å². The van der Waals surface area contributed by atoms with Crippen molar-refractivity contribution in [3.63, 3.8) is 0 Å². The Balaban J connectivity index is 0.00000261. The number of halogens is 1. The highest BCUT2D eigenvalue weighted by Gasteiger charge is 2.28. The van der Waals surface area contributed by atoms with Crippen LogP contribution < -0.4 is 5.32 Å². The van der Waals surface area contributed by atoms with Gasteiger partial charge in [0, 0.05) is 38.3 Å². The number of nitrogens with zero attached hydrogens (tertiary/aromatic N) is 2. The van der Waals surface area contributed by atoms with Crippen LogP contribution in [0.4, 0.5) is 0 Å². The Morgan fingerprint density at radius 1 is 1.07 bits per heavy atom. The number of hydrogen-bond acceptors (Lipinski definition) is 4. The highest BCUT2D eigenvalue weighted by Crippen LogP contribution is 2.21. The van der Waals surface area contributed by atoms with Gasteiger partial charge in [-0.3, -0.25) is 4.79 Å². The first-order valence-corrected chi connectivity index (χ1v) is 11.0. The highest BCUT2D eigenvalue weighted by atomic mass is 35.5. The normalized spacial score (nSPS) is 24.3. The smallest absolute Gasteiger partial charge is 0.243 e. The van der Waals surface area contributed by atoms with Crippen molar-refractivity contribution in [3.8, 4) is 0 Å². The Morgan fingerprint density at radius 2 is 1.70 bits per heavy atom. The molecule has 1 aromatic rings. The summed E-state index contributed by atoms with van der Waals surface area (Å²) in [6, 6.07) is 7.25. The summed E-state index contributed by atoms with van der Waals surface area (Å²) in [5, 5.41) is 3.37. The van der Waals surface area contributed by atoms with E-state index in [-0.39, 0.29) is 30.4 Å². The number of piperidine rings is 1. The molecule has 8 heteroatoms. The minimum atomic E-state index is -3.41. The lowest BCUT2D eigenvalue weighted by Gasteiger charge is -2.38. The molecule has 0 bridgehead atoms. The molecule has 152 valence electrons. The van der Waals surface area contributed by atoms with Crippen LogP contribution in [-0.2, 0) is 21.2 Å². The predicted molar refractivity (Wildman–Crippen MR) is 109 cm³/mol. The second kappa shape index (κ2) is 9.37. The largest absolute Gasteiger partial charge is 0.337 e. The van der Waals surface area contributed by atoms with Crippen molar-refractivity contribution in [2.24, 2.45) is 0 Å². The second-order valence-electron chi connectivity index (χ2n) is 7.36. The molecule has 0 saturated carbocycles. The minimum Gasteiger partial charge on any atom is -0.337 e. The average molecular weight is 416 g/mol. The summed E-state index contributed by atoms with van der Waals surface area (Å²) in [5.74, 6) is 0.0949. The number of nitrogens with one attached hydrogen (secondary N) is 1. The van der Waals surface area contributed by atoms with Crippen LogP contribution in [0.3, 0.4) is 0 Å². The molecule has 0 aromatic heterocycles. The zero-order valence-electron chi connectivity index (χ0n) is 16.1. The standard InChI is InChI=1S/C19H29N3O3S.ClH/c1-15-16(2)22(13-10-20-15)19(23)14-17-6-8-18(9-7-17)26(24,25)21-11-4-3-5-12-21;/h6-9,15-16,20H,3-5,10-14H2,1-2H3;1H. The molecule has 2 aliphatic rings. The third-order valence-electron chi connectivity index (χ3n) is 5.59. The monoisotopic (exact) mass is 415 g/mol. The van der Waals surface area contributed by atoms with Gasteiger partial charge in [-0.2, -0.15) is 4.31 Å². The summed E-state index contributed by atoms with van der Waals surface area (Å²) in [6.07, 6.45) is 3.25. The predicted octanol–water partition coefficient (Wildman–Crippen LogP) is 2.03. The summed E-state index contributed by atoms with van der Waals surface area (Å²) in [5.41, 5.74) is 0.853. The Kier molecular flexibility index (Phi) is 7.68. The highest BCUT2D eigenvalue weighted by molar-refractivity contribution is 7.89. The zero-order valence-corrected chi connectivity index (χ0v) is 17.7. The van der Waals surface area contributed by atoms with E-state index in [0.717, 1.165) is 31.4 Å². The van der Waals surface area contributed by atoms with Crippen molar-refractivity contribution in [1.82, 2.24) is 14.5 Å². The first-order valence-electron chi connectivity index (χ1n) is 9.51. The summed E-state index contributed by atoms with van der Waals surface area (Å²) < 4.78 is 27.0. The van der Waals surface area contributed by atoms with Gasteiger partial charge >= 0.3 is 0 Å². The molecule has 0 aliphatic carbocycles. The van der Waals surface area contributed by atoms with Gasteiger partial charge in [0.2, 0.25) is 15.9 Å². The van der Waals surface area contributed by atoms with Gasteiger partial charge in [0.15, 0.2) is 0 Å². The maximum atomic E-state index is 12.7. The van der Waals surface area contributed by atoms with E-state index < -0.39 is 10.0 Å². The fourth-order valence-electron chi connectivity index (χ4n) is 3.72. The van der Waals surface area contributed by atoms with Crippen LogP contribution in [0.1, 0.15) is 38.7 Å². The van der Waals surface area contributed by atoms with E-state index in [2.05, 4.69) is 19.2 Å². The van der Waals surface area contributed by atoms with Crippen molar-refractivity contribution in [2.75, 3.05) is 26.2 Å². The Hall–Kier alpha value is -1.15. The summed E-state index contributed by atoms with van der Waals surface area (Å²) >= 11 is 0. The molecule has 2 aliphatic heterocycles. The van der Waals surface area contributed by atoms with Crippen LogP contribution in [0.25, 0.3) is 0 Å². The van der Waals surface area contributed by atoms with Gasteiger partial charge in [0.05, 0.1) is 11.3 Å². The van der Waals surface area contributed by atoms with Crippen molar-refractivity contribution in [2.45, 2.75) is 56.5 Å². The van der Waals surface area contributed by atoms with Gasteiger partial charge in [-0.05, 0) is 44.4 Å². The lowest BCUT2D eigenvalue weighted by molar-refractivity contribution is -0.134. The molecule has 3 rings (SSSR count). The Bertz CT molecular complexity index is 733. The molecule has 27 heavy (non-hydrogen) atoms. The van der Waals surface area contributed by atoms with Gasteiger partial charge in [-0.1, -0.05) is 18.6 Å². The first-order chi connectivity index (χ1) is 12.4. The van der Waals surface area contributed by atoms with Crippen LogP contribution >= 0.6 is 12.4 Å². The maximum Gasteiger partial charge on any atom is 0.243 e. The number of hydrogen-bond donors (Lipinski definition) is 1. The van der Waals surface area contributed by atoms with Gasteiger partial charge in [-0.25, -0.2) is 8.42 Å². The third-order valence-corrected chi connectivity index (χ3v) is 7.50. The number of rotatable bonds is 4. The number of amides is 1. The number of carbonyl (C=O) groups is 1. The van der Waals surface area contributed by atoms with E-state index in [1.54, 1.807) is 28.6 Å². The topological polar surface area (TPSA) is 69.7 Å². The maximum absolute atomic E-state index is 12.7. The molecule has 2 saturated heterocycles. The SMILES string of the molecule is CC1NCCN(C(=O)Cc2ccc(S(=O)(=O)N3CCCCC3)cc2)C1C.Cl. The van der Waals surface area contributed by atoms with E-state index in [1.165, 1.54) is 0 Å². The molecule has 2 atom stereocenters. The van der Waals surface area contributed by atoms with Crippen molar-refractivity contribution in [1.29, 1.82) is 0 Å². The quantitative estimate of drug-likeness (QED) is 0.816. The molecular formula is C19H30ClN3O3S. The molecular weight excluding hydrogens is 386 g/mol. The molecule has 1 aromatic carbocycles. The summed E-state index contributed by atoms with van der Waals surface area (Å²) in [7, 11) is -3.41. The van der Waals surface area contributed by atoms with Gasteiger partial charge < -0.3 is 10.2 Å². The lowest BCUT2D eigenvalue weighted by Crippen LogP contribution is -2.57. The second-order valence-corrected chi connectivity index (χ2v) is 9.29. The molecule has 2 fully saturated rings. The Labute approximate surface area is 168 Å². The van der Waals surface area contributed by atoms with Crippen LogP contribution in [0.15, 0.2) is 29.2 Å². The van der Waals surface area contributed by atoms with Crippen LogP contribution in [-0.4, -0.2) is 61.8 Å². The molecule has 1 amide bonds. The molecule has 1 N–H and O–H groups in total. The first kappa shape index (κ1) is 22.1. The number of carbonyl (C=O) groups excluding carboxylic acids is 1. The van der Waals surface area contributed by atoms with Gasteiger partial charge in [0.25, 0.3) is 0 Å². The molecule has 2 unspecified atom stereocenters. The van der Waals surface area contributed by atoms with Crippen LogP contribution in [0, 0.1) is 0 Å². The average Bonchev–Trinajstić information content (AvgIpc) is 2.65. The molecule has 0 radical (unpaired) electrons. The molecule has 6 nitrogen and oxygen atoms in total. The van der Waals surface area contributed by atoms with Crippen LogP contribution in [0.5, 0.6) is 0 Å². The van der Waals surface area contributed by atoms with Crippen molar-refractivity contribution in [3.05, 3.63) is 29.8 Å². The Morgan fingerprint density at radius 3 is 2.33 bits per heavy atom. The number of sulfonamides is 1. The van der Waals surface area contributed by atoms with E-state index in [9.17, 15) is 13.2 Å². The fraction of sp³-hybridized carbons (Fsp3) is 0.632. The zero-order chi connectivity index (χ0) is 18.7. The third kappa shape index (κ3) is 5.02. The molecule has 0 spiro atoms. The van der Waals surface area contributed by atoms with Gasteiger partial charge in [-0.15, -0.1) is 12.4 Å². The number of piperazine rings is 1. The van der Waals surface area contributed by atoms with Crippen molar-refractivity contribution >= 4 is 28.3 Å². The van der Waals surface area contributed by atoms with Crippen molar-refractivity contribution < 1.29 is 13.2 Å². The lowest BCUT2D eigenvalue weighted by atomic mass is 10.1. The van der Waals surface area contributed by atoms with E-state index >= 15 is 0 Å². The van der Waals surface area contributed by atoms with E-state index in [0.29, 0.717) is 31.0 Å². The molecule has 2 heterocycles. The summed E-state index contributed by atoms with van der Waals surface area (Å²) in [6.45, 7) is 6.87. The number of benzene rings is 1. The summed E-state index contributed by atoms with van der Waals surface area (Å²) in [4.78, 5) is 14.9. The van der Waals surface area contributed by atoms with Crippen LogP contribution in [0.2, 0.25) is 0 Å².